The molecule has 1 fully saturated rings. The van der Waals surface area contributed by atoms with Gasteiger partial charge in [0, 0.05) is 24.2 Å². The number of hydrogen-bond donors (Lipinski definition) is 2. The summed E-state index contributed by atoms with van der Waals surface area (Å²) >= 11 is 0. The van der Waals surface area contributed by atoms with Gasteiger partial charge < -0.3 is 24.6 Å². The molecule has 2 N–H and O–H groups in total. The Balaban J connectivity index is 1.46. The molecule has 8 heteroatoms. The van der Waals surface area contributed by atoms with E-state index in [2.05, 4.69) is 45.1 Å². The second-order valence-electron chi connectivity index (χ2n) is 11.4. The van der Waals surface area contributed by atoms with Gasteiger partial charge in [0.2, 0.25) is 12.7 Å². The highest BCUT2D eigenvalue weighted by molar-refractivity contribution is 5.94. The molecule has 1 saturated heterocycles. The number of amides is 1. The summed E-state index contributed by atoms with van der Waals surface area (Å²) in [5.74, 6) is -0.193. The first-order valence-electron chi connectivity index (χ1n) is 15.3. The normalized spacial score (nSPS) is 19.4. The molecule has 0 radical (unpaired) electrons. The molecule has 228 valence electrons. The van der Waals surface area contributed by atoms with Crippen LogP contribution in [0.25, 0.3) is 0 Å². The highest BCUT2D eigenvalue weighted by Gasteiger charge is 2.48. The van der Waals surface area contributed by atoms with Gasteiger partial charge in [-0.1, -0.05) is 63.1 Å². The van der Waals surface area contributed by atoms with Gasteiger partial charge >= 0.3 is 5.97 Å². The SMILES string of the molecule is CCCCOc1ccc([C@H]2[C@H](C(=O)O)[C@@H](c3ccc4c(c3)OCO4)CN2CC(=O)Nc2c(CC)cc(C)cc2CC)cc1. The topological polar surface area (TPSA) is 97.3 Å². The zero-order valence-electron chi connectivity index (χ0n) is 25.5. The molecular formula is C35H42N2O6. The summed E-state index contributed by atoms with van der Waals surface area (Å²) in [6.07, 6.45) is 3.61. The van der Waals surface area contributed by atoms with E-state index in [9.17, 15) is 14.7 Å². The Bertz CT molecular complexity index is 1430. The number of carbonyl (C=O) groups excluding carboxylic acids is 1. The van der Waals surface area contributed by atoms with Gasteiger partial charge in [0.25, 0.3) is 0 Å². The number of likely N-dealkylation sites (tertiary alicyclic amines) is 1. The van der Waals surface area contributed by atoms with Crippen molar-refractivity contribution >= 4 is 17.6 Å². The molecule has 3 atom stereocenters. The maximum atomic E-state index is 13.7. The lowest BCUT2D eigenvalue weighted by Crippen LogP contribution is -2.35. The summed E-state index contributed by atoms with van der Waals surface area (Å²) in [5.41, 5.74) is 5.93. The Morgan fingerprint density at radius 2 is 1.63 bits per heavy atom. The minimum Gasteiger partial charge on any atom is -0.494 e. The van der Waals surface area contributed by atoms with Crippen molar-refractivity contribution in [1.82, 2.24) is 4.90 Å². The second kappa shape index (κ2) is 13.5. The predicted molar refractivity (Wildman–Crippen MR) is 166 cm³/mol. The number of benzene rings is 3. The van der Waals surface area contributed by atoms with Gasteiger partial charge in [-0.15, -0.1) is 0 Å². The monoisotopic (exact) mass is 586 g/mol. The number of aryl methyl sites for hydroxylation is 3. The van der Waals surface area contributed by atoms with Crippen LogP contribution in [0.2, 0.25) is 0 Å². The molecule has 0 unspecified atom stereocenters. The van der Waals surface area contributed by atoms with Crippen molar-refractivity contribution in [3.63, 3.8) is 0 Å². The molecule has 0 bridgehead atoms. The molecule has 3 aromatic carbocycles. The summed E-state index contributed by atoms with van der Waals surface area (Å²) in [5, 5.41) is 13.8. The number of fused-ring (bicyclic) bond motifs is 1. The van der Waals surface area contributed by atoms with Crippen molar-refractivity contribution in [2.75, 3.05) is 31.8 Å². The molecule has 0 saturated carbocycles. The third-order valence-corrected chi connectivity index (χ3v) is 8.52. The van der Waals surface area contributed by atoms with Crippen LogP contribution in [-0.2, 0) is 22.4 Å². The van der Waals surface area contributed by atoms with Gasteiger partial charge in [0.05, 0.1) is 19.1 Å². The molecule has 2 aliphatic heterocycles. The molecule has 43 heavy (non-hydrogen) atoms. The number of rotatable bonds is 12. The van der Waals surface area contributed by atoms with Gasteiger partial charge in [-0.05, 0) is 72.7 Å². The molecule has 0 aromatic heterocycles. The number of carbonyl (C=O) groups is 2. The van der Waals surface area contributed by atoms with E-state index in [0.717, 1.165) is 59.4 Å². The average Bonchev–Trinajstić information content (AvgIpc) is 3.62. The number of anilines is 1. The maximum Gasteiger partial charge on any atom is 0.309 e. The number of unbranched alkanes of at least 4 members (excludes halogenated alkanes) is 1. The second-order valence-corrected chi connectivity index (χ2v) is 11.4. The van der Waals surface area contributed by atoms with Crippen LogP contribution < -0.4 is 19.5 Å². The van der Waals surface area contributed by atoms with Gasteiger partial charge in [-0.2, -0.15) is 0 Å². The van der Waals surface area contributed by atoms with Gasteiger partial charge in [0.15, 0.2) is 11.5 Å². The lowest BCUT2D eigenvalue weighted by atomic mass is 9.82. The van der Waals surface area contributed by atoms with Crippen LogP contribution in [0.1, 0.15) is 73.4 Å². The maximum absolute atomic E-state index is 13.7. The van der Waals surface area contributed by atoms with E-state index >= 15 is 0 Å². The average molecular weight is 587 g/mol. The van der Waals surface area contributed by atoms with Crippen LogP contribution >= 0.6 is 0 Å². The van der Waals surface area contributed by atoms with Crippen LogP contribution in [0, 0.1) is 12.8 Å². The van der Waals surface area contributed by atoms with Crippen LogP contribution in [0.5, 0.6) is 17.2 Å². The minimum absolute atomic E-state index is 0.0600. The van der Waals surface area contributed by atoms with Gasteiger partial charge in [0.1, 0.15) is 5.75 Å². The van der Waals surface area contributed by atoms with Crippen LogP contribution in [-0.4, -0.2) is 48.4 Å². The van der Waals surface area contributed by atoms with E-state index in [0.29, 0.717) is 24.7 Å². The van der Waals surface area contributed by atoms with Gasteiger partial charge in [-0.25, -0.2) is 0 Å². The standard InChI is InChI=1S/C35H42N2O6/c1-5-8-15-41-27-12-9-25(10-13-27)34-32(35(39)40)28(26-11-14-29-30(18-26)43-21-42-29)19-37(34)20-31(38)36-33-23(6-2)16-22(4)17-24(33)7-3/h9-14,16-18,28,32,34H,5-8,15,19-21H2,1-4H3,(H,36,38)(H,39,40)/t28-,32-,34+/m1/s1. The number of ether oxygens (including phenoxy) is 3. The molecule has 5 rings (SSSR count). The Morgan fingerprint density at radius 1 is 0.953 bits per heavy atom. The van der Waals surface area contributed by atoms with Crippen LogP contribution in [0.15, 0.2) is 54.6 Å². The molecular weight excluding hydrogens is 544 g/mol. The lowest BCUT2D eigenvalue weighted by Gasteiger charge is -2.27. The molecule has 0 aliphatic carbocycles. The molecule has 3 aromatic rings. The quantitative estimate of drug-likeness (QED) is 0.234. The number of nitrogens with one attached hydrogen (secondary N) is 1. The van der Waals surface area contributed by atoms with Crippen molar-refractivity contribution in [2.45, 2.75) is 65.3 Å². The van der Waals surface area contributed by atoms with Crippen molar-refractivity contribution in [3.05, 3.63) is 82.4 Å². The largest absolute Gasteiger partial charge is 0.494 e. The van der Waals surface area contributed by atoms with E-state index < -0.39 is 17.9 Å². The fourth-order valence-electron chi connectivity index (χ4n) is 6.39. The Kier molecular flexibility index (Phi) is 9.56. The highest BCUT2D eigenvalue weighted by Crippen LogP contribution is 2.47. The first-order chi connectivity index (χ1) is 20.8. The fraction of sp³-hybridized carbons (Fsp3) is 0.429. The summed E-state index contributed by atoms with van der Waals surface area (Å²) < 4.78 is 17.0. The van der Waals surface area contributed by atoms with Crippen LogP contribution in [0.4, 0.5) is 5.69 Å². The van der Waals surface area contributed by atoms with E-state index in [4.69, 9.17) is 14.2 Å². The first kappa shape index (κ1) is 30.4. The van der Waals surface area contributed by atoms with E-state index in [1.807, 2.05) is 47.4 Å². The highest BCUT2D eigenvalue weighted by atomic mass is 16.7. The molecule has 2 heterocycles. The van der Waals surface area contributed by atoms with Crippen molar-refractivity contribution in [1.29, 1.82) is 0 Å². The summed E-state index contributed by atoms with van der Waals surface area (Å²) in [6, 6.07) is 17.0. The number of nitrogens with zero attached hydrogens (tertiary/aromatic N) is 1. The summed E-state index contributed by atoms with van der Waals surface area (Å²) in [7, 11) is 0. The Hall–Kier alpha value is -4.04. The third kappa shape index (κ3) is 6.64. The fourth-order valence-corrected chi connectivity index (χ4v) is 6.39. The van der Waals surface area contributed by atoms with Crippen molar-refractivity contribution in [2.24, 2.45) is 5.92 Å². The zero-order chi connectivity index (χ0) is 30.5. The summed E-state index contributed by atoms with van der Waals surface area (Å²) in [6.45, 7) is 9.60. The molecule has 0 spiro atoms. The number of carboxylic acids is 1. The Morgan fingerprint density at radius 3 is 2.28 bits per heavy atom. The van der Waals surface area contributed by atoms with Crippen molar-refractivity contribution < 1.29 is 28.9 Å². The first-order valence-corrected chi connectivity index (χ1v) is 15.3. The zero-order valence-corrected chi connectivity index (χ0v) is 25.5. The lowest BCUT2D eigenvalue weighted by molar-refractivity contribution is -0.143. The van der Waals surface area contributed by atoms with E-state index in [1.54, 1.807) is 0 Å². The number of carboxylic acid groups (broad SMARTS) is 1. The number of hydrogen-bond acceptors (Lipinski definition) is 6. The predicted octanol–water partition coefficient (Wildman–Crippen LogP) is 6.51. The molecule has 1 amide bonds. The number of aliphatic carboxylic acids is 1. The van der Waals surface area contributed by atoms with Gasteiger partial charge in [-0.3, -0.25) is 14.5 Å². The van der Waals surface area contributed by atoms with E-state index in [-0.39, 0.29) is 25.2 Å². The third-order valence-electron chi connectivity index (χ3n) is 8.52. The van der Waals surface area contributed by atoms with Crippen LogP contribution in [0.3, 0.4) is 0 Å². The minimum atomic E-state index is -0.904. The smallest absolute Gasteiger partial charge is 0.309 e. The summed E-state index contributed by atoms with van der Waals surface area (Å²) in [4.78, 5) is 28.6. The Labute approximate surface area is 254 Å². The molecule has 8 nitrogen and oxygen atoms in total. The van der Waals surface area contributed by atoms with E-state index in [1.165, 1.54) is 5.56 Å². The molecule has 2 aliphatic rings. The van der Waals surface area contributed by atoms with Crippen molar-refractivity contribution in [3.8, 4) is 17.2 Å².